The molecule has 0 spiro atoms. The third-order valence-corrected chi connectivity index (χ3v) is 3.83. The average Bonchev–Trinajstić information content (AvgIpc) is 3.15. The first kappa shape index (κ1) is 15.5. The standard InChI is InChI=1S/C14H18N6O3/c1-15-14(22)13-18-12(23-19-13)8-20-6-9(11(21)7-20)4-10-5-16-2-3-17-10/h2-3,5,9,11,21H,4,6-8H2,1H3,(H,15,22)/t9-,11-/m1/s1. The third-order valence-electron chi connectivity index (χ3n) is 3.83. The van der Waals surface area contributed by atoms with Crippen LogP contribution in [0.2, 0.25) is 0 Å². The Morgan fingerprint density at radius 1 is 1.48 bits per heavy atom. The summed E-state index contributed by atoms with van der Waals surface area (Å²) >= 11 is 0. The van der Waals surface area contributed by atoms with Gasteiger partial charge in [0.25, 0.3) is 11.7 Å². The highest BCUT2D eigenvalue weighted by Crippen LogP contribution is 2.22. The highest BCUT2D eigenvalue weighted by molar-refractivity contribution is 5.89. The topological polar surface area (TPSA) is 117 Å². The van der Waals surface area contributed by atoms with E-state index in [1.165, 1.54) is 7.05 Å². The van der Waals surface area contributed by atoms with Gasteiger partial charge in [0, 0.05) is 44.6 Å². The van der Waals surface area contributed by atoms with Crippen molar-refractivity contribution in [3.05, 3.63) is 36.0 Å². The van der Waals surface area contributed by atoms with Gasteiger partial charge in [-0.1, -0.05) is 5.16 Å². The van der Waals surface area contributed by atoms with E-state index in [9.17, 15) is 9.90 Å². The summed E-state index contributed by atoms with van der Waals surface area (Å²) < 4.78 is 5.07. The zero-order valence-electron chi connectivity index (χ0n) is 12.7. The summed E-state index contributed by atoms with van der Waals surface area (Å²) in [5.74, 6) is 0.0596. The second kappa shape index (κ2) is 6.80. The van der Waals surface area contributed by atoms with Crippen LogP contribution in [0.5, 0.6) is 0 Å². The van der Waals surface area contributed by atoms with Gasteiger partial charge in [-0.3, -0.25) is 19.7 Å². The maximum absolute atomic E-state index is 11.4. The fourth-order valence-corrected chi connectivity index (χ4v) is 2.69. The number of aromatic nitrogens is 4. The number of amides is 1. The van der Waals surface area contributed by atoms with Crippen LogP contribution < -0.4 is 5.32 Å². The summed E-state index contributed by atoms with van der Waals surface area (Å²) in [6, 6.07) is 0. The fourth-order valence-electron chi connectivity index (χ4n) is 2.69. The van der Waals surface area contributed by atoms with Gasteiger partial charge in [0.15, 0.2) is 0 Å². The molecule has 1 amide bonds. The molecule has 9 nitrogen and oxygen atoms in total. The highest BCUT2D eigenvalue weighted by atomic mass is 16.5. The maximum Gasteiger partial charge on any atom is 0.292 e. The lowest BCUT2D eigenvalue weighted by Gasteiger charge is -2.13. The van der Waals surface area contributed by atoms with Gasteiger partial charge in [0.2, 0.25) is 5.89 Å². The minimum atomic E-state index is -0.446. The van der Waals surface area contributed by atoms with Gasteiger partial charge < -0.3 is 14.9 Å². The van der Waals surface area contributed by atoms with Crippen molar-refractivity contribution in [1.82, 2.24) is 30.3 Å². The van der Waals surface area contributed by atoms with E-state index < -0.39 is 6.10 Å². The molecule has 0 saturated carbocycles. The van der Waals surface area contributed by atoms with Gasteiger partial charge in [0.05, 0.1) is 18.3 Å². The van der Waals surface area contributed by atoms with E-state index in [2.05, 4.69) is 25.4 Å². The van der Waals surface area contributed by atoms with Crippen molar-refractivity contribution < 1.29 is 14.4 Å². The van der Waals surface area contributed by atoms with E-state index in [0.717, 1.165) is 5.69 Å². The van der Waals surface area contributed by atoms with Crippen molar-refractivity contribution >= 4 is 5.91 Å². The van der Waals surface area contributed by atoms with Crippen LogP contribution >= 0.6 is 0 Å². The van der Waals surface area contributed by atoms with Crippen LogP contribution in [0, 0.1) is 5.92 Å². The normalized spacial score (nSPS) is 21.5. The molecule has 0 bridgehead atoms. The zero-order chi connectivity index (χ0) is 16.2. The number of carbonyl (C=O) groups is 1. The number of likely N-dealkylation sites (tertiary alicyclic amines) is 1. The molecular weight excluding hydrogens is 300 g/mol. The molecule has 9 heteroatoms. The number of aliphatic hydroxyl groups is 1. The monoisotopic (exact) mass is 318 g/mol. The second-order valence-electron chi connectivity index (χ2n) is 5.51. The van der Waals surface area contributed by atoms with E-state index >= 15 is 0 Å². The Labute approximate surface area is 132 Å². The number of rotatable bonds is 5. The van der Waals surface area contributed by atoms with Crippen LogP contribution in [0.3, 0.4) is 0 Å². The number of carbonyl (C=O) groups excluding carboxylic acids is 1. The molecule has 2 N–H and O–H groups in total. The molecule has 2 aromatic rings. The minimum absolute atomic E-state index is 0.0124. The molecule has 1 saturated heterocycles. The Hall–Kier alpha value is -2.39. The molecule has 1 aliphatic rings. The van der Waals surface area contributed by atoms with Crippen LogP contribution in [-0.4, -0.2) is 62.3 Å². The first-order valence-corrected chi connectivity index (χ1v) is 7.35. The number of aliphatic hydroxyl groups excluding tert-OH is 1. The van der Waals surface area contributed by atoms with Gasteiger partial charge in [-0.2, -0.15) is 4.98 Å². The van der Waals surface area contributed by atoms with Crippen molar-refractivity contribution in [2.45, 2.75) is 19.1 Å². The lowest BCUT2D eigenvalue weighted by molar-refractivity contribution is 0.0950. The molecule has 3 rings (SSSR count). The number of nitrogens with zero attached hydrogens (tertiary/aromatic N) is 5. The van der Waals surface area contributed by atoms with Crippen molar-refractivity contribution in [2.24, 2.45) is 5.92 Å². The van der Waals surface area contributed by atoms with Crippen LogP contribution in [0.15, 0.2) is 23.1 Å². The first-order valence-electron chi connectivity index (χ1n) is 7.35. The quantitative estimate of drug-likeness (QED) is 0.740. The molecule has 1 aliphatic heterocycles. The summed E-state index contributed by atoms with van der Waals surface area (Å²) in [6.07, 6.45) is 5.20. The minimum Gasteiger partial charge on any atom is -0.391 e. The van der Waals surface area contributed by atoms with E-state index in [-0.39, 0.29) is 17.6 Å². The third kappa shape index (κ3) is 3.69. The van der Waals surface area contributed by atoms with E-state index in [1.54, 1.807) is 18.6 Å². The molecule has 3 heterocycles. The SMILES string of the molecule is CNC(=O)c1noc(CN2C[C@@H](Cc3cnccn3)[C@H](O)C2)n1. The second-order valence-corrected chi connectivity index (χ2v) is 5.51. The lowest BCUT2D eigenvalue weighted by atomic mass is 10.0. The van der Waals surface area contributed by atoms with Crippen molar-refractivity contribution in [3.63, 3.8) is 0 Å². The van der Waals surface area contributed by atoms with Crippen molar-refractivity contribution in [2.75, 3.05) is 20.1 Å². The molecule has 2 aromatic heterocycles. The summed E-state index contributed by atoms with van der Waals surface area (Å²) in [5, 5.41) is 16.3. The summed E-state index contributed by atoms with van der Waals surface area (Å²) in [7, 11) is 1.51. The largest absolute Gasteiger partial charge is 0.391 e. The first-order chi connectivity index (χ1) is 11.2. The smallest absolute Gasteiger partial charge is 0.292 e. The lowest BCUT2D eigenvalue weighted by Crippen LogP contribution is -2.22. The number of hydrogen-bond donors (Lipinski definition) is 2. The molecule has 2 atom stereocenters. The van der Waals surface area contributed by atoms with Gasteiger partial charge in [0.1, 0.15) is 0 Å². The summed E-state index contributed by atoms with van der Waals surface area (Å²) in [6.45, 7) is 1.61. The molecule has 23 heavy (non-hydrogen) atoms. The Kier molecular flexibility index (Phi) is 4.58. The predicted molar refractivity (Wildman–Crippen MR) is 78.2 cm³/mol. The number of hydrogen-bond acceptors (Lipinski definition) is 8. The van der Waals surface area contributed by atoms with Crippen LogP contribution in [0.4, 0.5) is 0 Å². The van der Waals surface area contributed by atoms with Crippen molar-refractivity contribution in [3.8, 4) is 0 Å². The van der Waals surface area contributed by atoms with E-state index in [0.29, 0.717) is 31.9 Å². The van der Waals surface area contributed by atoms with Gasteiger partial charge >= 0.3 is 0 Å². The van der Waals surface area contributed by atoms with E-state index in [4.69, 9.17) is 4.52 Å². The Balaban J connectivity index is 1.58. The fraction of sp³-hybridized carbons (Fsp3) is 0.500. The molecule has 0 radical (unpaired) electrons. The van der Waals surface area contributed by atoms with Crippen molar-refractivity contribution in [1.29, 1.82) is 0 Å². The van der Waals surface area contributed by atoms with Gasteiger partial charge in [-0.15, -0.1) is 0 Å². The molecule has 0 unspecified atom stereocenters. The van der Waals surface area contributed by atoms with E-state index in [1.807, 2.05) is 4.90 Å². The maximum atomic E-state index is 11.4. The summed E-state index contributed by atoms with van der Waals surface area (Å²) in [4.78, 5) is 25.7. The van der Waals surface area contributed by atoms with Crippen LogP contribution in [0.25, 0.3) is 0 Å². The molecule has 0 aliphatic carbocycles. The summed E-state index contributed by atoms with van der Waals surface area (Å²) in [5.41, 5.74) is 0.859. The van der Waals surface area contributed by atoms with Crippen LogP contribution in [0.1, 0.15) is 22.2 Å². The Morgan fingerprint density at radius 2 is 2.35 bits per heavy atom. The average molecular weight is 318 g/mol. The Morgan fingerprint density at radius 3 is 3.09 bits per heavy atom. The highest BCUT2D eigenvalue weighted by Gasteiger charge is 2.32. The molecule has 0 aromatic carbocycles. The number of β-amino-alcohol motifs (C(OH)–C–C–N with tert-alkyl or cyclic N) is 1. The molecular formula is C14H18N6O3. The van der Waals surface area contributed by atoms with Crippen LogP contribution in [-0.2, 0) is 13.0 Å². The number of nitrogens with one attached hydrogen (secondary N) is 1. The van der Waals surface area contributed by atoms with Gasteiger partial charge in [-0.25, -0.2) is 0 Å². The van der Waals surface area contributed by atoms with Gasteiger partial charge in [-0.05, 0) is 6.42 Å². The predicted octanol–water partition coefficient (Wildman–Crippen LogP) is -0.745. The zero-order valence-corrected chi connectivity index (χ0v) is 12.7. The Bertz CT molecular complexity index is 662. The molecule has 122 valence electrons. The molecule has 1 fully saturated rings.